The molecular formula is C16H22N2O. The van der Waals surface area contributed by atoms with E-state index in [-0.39, 0.29) is 0 Å². The molecule has 0 saturated carbocycles. The zero-order valence-electron chi connectivity index (χ0n) is 11.6. The third kappa shape index (κ3) is 3.61. The maximum Gasteiger partial charge on any atom is 0.115 e. The lowest BCUT2D eigenvalue weighted by atomic mass is 10.1. The molecule has 3 nitrogen and oxygen atoms in total. The topological polar surface area (TPSA) is 37.2 Å². The van der Waals surface area contributed by atoms with Gasteiger partial charge in [-0.3, -0.25) is 0 Å². The molecule has 0 radical (unpaired) electrons. The van der Waals surface area contributed by atoms with E-state index in [2.05, 4.69) is 42.2 Å². The Morgan fingerprint density at radius 3 is 2.53 bits per heavy atom. The monoisotopic (exact) mass is 258 g/mol. The number of aromatic hydroxyl groups is 1. The predicted molar refractivity (Wildman–Crippen MR) is 78.3 cm³/mol. The minimum absolute atomic E-state index is 0.315. The van der Waals surface area contributed by atoms with Crippen LogP contribution in [-0.2, 0) is 6.54 Å². The van der Waals surface area contributed by atoms with Gasteiger partial charge in [-0.25, -0.2) is 0 Å². The lowest BCUT2D eigenvalue weighted by Crippen LogP contribution is -2.19. The van der Waals surface area contributed by atoms with E-state index in [9.17, 15) is 5.11 Å². The highest BCUT2D eigenvalue weighted by atomic mass is 16.3. The molecule has 0 bridgehead atoms. The SMILES string of the molecule is CCNC(CC)c1ccn(Cc2ccc(O)cc2)c1. The van der Waals surface area contributed by atoms with Crippen LogP contribution >= 0.6 is 0 Å². The van der Waals surface area contributed by atoms with Gasteiger partial charge in [-0.15, -0.1) is 0 Å². The van der Waals surface area contributed by atoms with Crippen molar-refractivity contribution in [1.82, 2.24) is 9.88 Å². The molecular weight excluding hydrogens is 236 g/mol. The summed E-state index contributed by atoms with van der Waals surface area (Å²) in [7, 11) is 0. The third-order valence-corrected chi connectivity index (χ3v) is 3.34. The molecule has 102 valence electrons. The van der Waals surface area contributed by atoms with Crippen molar-refractivity contribution in [1.29, 1.82) is 0 Å². The van der Waals surface area contributed by atoms with Gasteiger partial charge in [0.2, 0.25) is 0 Å². The average molecular weight is 258 g/mol. The molecule has 19 heavy (non-hydrogen) atoms. The fraction of sp³-hybridized carbons (Fsp3) is 0.375. The van der Waals surface area contributed by atoms with Crippen LogP contribution in [0.3, 0.4) is 0 Å². The zero-order valence-corrected chi connectivity index (χ0v) is 11.6. The van der Waals surface area contributed by atoms with Crippen molar-refractivity contribution in [3.8, 4) is 5.75 Å². The van der Waals surface area contributed by atoms with Crippen molar-refractivity contribution in [3.63, 3.8) is 0 Å². The molecule has 0 spiro atoms. The Morgan fingerprint density at radius 1 is 1.16 bits per heavy atom. The maximum absolute atomic E-state index is 9.28. The number of phenols is 1. The summed E-state index contributed by atoms with van der Waals surface area (Å²) in [5, 5.41) is 12.8. The summed E-state index contributed by atoms with van der Waals surface area (Å²) in [5.41, 5.74) is 2.53. The normalized spacial score (nSPS) is 12.5. The van der Waals surface area contributed by atoms with Gasteiger partial charge in [0, 0.05) is 25.0 Å². The third-order valence-electron chi connectivity index (χ3n) is 3.34. The summed E-state index contributed by atoms with van der Waals surface area (Å²) in [6.07, 6.45) is 5.41. The molecule has 0 aliphatic carbocycles. The lowest BCUT2D eigenvalue weighted by molar-refractivity contribution is 0.475. The van der Waals surface area contributed by atoms with Crippen LogP contribution in [0.15, 0.2) is 42.7 Å². The first-order valence-corrected chi connectivity index (χ1v) is 6.90. The number of phenolic OH excluding ortho intramolecular Hbond substituents is 1. The zero-order chi connectivity index (χ0) is 13.7. The molecule has 2 aromatic rings. The number of nitrogens with one attached hydrogen (secondary N) is 1. The summed E-state index contributed by atoms with van der Waals surface area (Å²) >= 11 is 0. The van der Waals surface area contributed by atoms with E-state index in [0.717, 1.165) is 19.5 Å². The molecule has 0 aliphatic rings. The molecule has 0 amide bonds. The lowest BCUT2D eigenvalue weighted by Gasteiger charge is -2.14. The first-order valence-electron chi connectivity index (χ1n) is 6.90. The van der Waals surface area contributed by atoms with Crippen LogP contribution in [-0.4, -0.2) is 16.2 Å². The predicted octanol–water partition coefficient (Wildman–Crippen LogP) is 3.30. The smallest absolute Gasteiger partial charge is 0.115 e. The highest BCUT2D eigenvalue weighted by Crippen LogP contribution is 2.18. The van der Waals surface area contributed by atoms with Gasteiger partial charge in [0.1, 0.15) is 5.75 Å². The van der Waals surface area contributed by atoms with Gasteiger partial charge in [-0.2, -0.15) is 0 Å². The second-order valence-electron chi connectivity index (χ2n) is 4.80. The quantitative estimate of drug-likeness (QED) is 0.834. The second kappa shape index (κ2) is 6.43. The average Bonchev–Trinajstić information content (AvgIpc) is 2.87. The second-order valence-corrected chi connectivity index (χ2v) is 4.80. The van der Waals surface area contributed by atoms with Gasteiger partial charge in [0.15, 0.2) is 0 Å². The number of benzene rings is 1. The standard InChI is InChI=1S/C16H22N2O/c1-3-16(17-4-2)14-9-10-18(12-14)11-13-5-7-15(19)8-6-13/h5-10,12,16-17,19H,3-4,11H2,1-2H3. The van der Waals surface area contributed by atoms with E-state index in [1.54, 1.807) is 12.1 Å². The maximum atomic E-state index is 9.28. The number of hydrogen-bond donors (Lipinski definition) is 2. The Bertz CT molecular complexity index is 502. The molecule has 1 atom stereocenters. The van der Waals surface area contributed by atoms with Gasteiger partial charge in [-0.05, 0) is 42.3 Å². The summed E-state index contributed by atoms with van der Waals surface area (Å²) in [6.45, 7) is 6.16. The largest absolute Gasteiger partial charge is 0.508 e. The van der Waals surface area contributed by atoms with E-state index in [1.165, 1.54) is 11.1 Å². The Morgan fingerprint density at radius 2 is 1.89 bits per heavy atom. The Hall–Kier alpha value is -1.74. The fourth-order valence-electron chi connectivity index (χ4n) is 2.32. The summed E-state index contributed by atoms with van der Waals surface area (Å²) < 4.78 is 2.18. The van der Waals surface area contributed by atoms with Crippen LogP contribution in [0.2, 0.25) is 0 Å². The minimum atomic E-state index is 0.315. The molecule has 0 saturated heterocycles. The number of rotatable bonds is 6. The van der Waals surface area contributed by atoms with Crippen LogP contribution in [0.1, 0.15) is 37.4 Å². The summed E-state index contributed by atoms with van der Waals surface area (Å²) in [5.74, 6) is 0.315. The molecule has 0 fully saturated rings. The molecule has 1 aromatic carbocycles. The van der Waals surface area contributed by atoms with E-state index >= 15 is 0 Å². The Balaban J connectivity index is 2.06. The highest BCUT2D eigenvalue weighted by molar-refractivity contribution is 5.26. The van der Waals surface area contributed by atoms with Crippen LogP contribution in [0.25, 0.3) is 0 Å². The molecule has 3 heteroatoms. The first kappa shape index (κ1) is 13.7. The van der Waals surface area contributed by atoms with Crippen LogP contribution in [0.5, 0.6) is 5.75 Å². The van der Waals surface area contributed by atoms with Gasteiger partial charge in [0.05, 0.1) is 0 Å². The van der Waals surface area contributed by atoms with Gasteiger partial charge >= 0.3 is 0 Å². The van der Waals surface area contributed by atoms with Crippen LogP contribution < -0.4 is 5.32 Å². The first-order chi connectivity index (χ1) is 9.22. The van der Waals surface area contributed by atoms with Crippen molar-refractivity contribution in [2.45, 2.75) is 32.9 Å². The van der Waals surface area contributed by atoms with Gasteiger partial charge in [-0.1, -0.05) is 26.0 Å². The van der Waals surface area contributed by atoms with Crippen LogP contribution in [0, 0.1) is 0 Å². The minimum Gasteiger partial charge on any atom is -0.508 e. The summed E-state index contributed by atoms with van der Waals surface area (Å²) in [6, 6.07) is 9.98. The van der Waals surface area contributed by atoms with Crippen molar-refractivity contribution in [3.05, 3.63) is 53.9 Å². The van der Waals surface area contributed by atoms with Crippen molar-refractivity contribution in [2.75, 3.05) is 6.54 Å². The molecule has 0 aliphatic heterocycles. The Labute approximate surface area is 114 Å². The van der Waals surface area contributed by atoms with Gasteiger partial charge in [0.25, 0.3) is 0 Å². The van der Waals surface area contributed by atoms with Gasteiger partial charge < -0.3 is 15.0 Å². The molecule has 1 heterocycles. The molecule has 2 rings (SSSR count). The van der Waals surface area contributed by atoms with E-state index in [1.807, 2.05) is 12.1 Å². The van der Waals surface area contributed by atoms with E-state index < -0.39 is 0 Å². The van der Waals surface area contributed by atoms with E-state index in [4.69, 9.17) is 0 Å². The molecule has 1 unspecified atom stereocenters. The Kier molecular flexibility index (Phi) is 4.63. The number of aromatic nitrogens is 1. The number of hydrogen-bond acceptors (Lipinski definition) is 2. The highest BCUT2D eigenvalue weighted by Gasteiger charge is 2.08. The van der Waals surface area contributed by atoms with Crippen molar-refractivity contribution in [2.24, 2.45) is 0 Å². The molecule has 2 N–H and O–H groups in total. The number of nitrogens with zero attached hydrogens (tertiary/aromatic N) is 1. The molecule has 1 aromatic heterocycles. The van der Waals surface area contributed by atoms with E-state index in [0.29, 0.717) is 11.8 Å². The van der Waals surface area contributed by atoms with Crippen LogP contribution in [0.4, 0.5) is 0 Å². The fourth-order valence-corrected chi connectivity index (χ4v) is 2.32. The van der Waals surface area contributed by atoms with Crippen molar-refractivity contribution < 1.29 is 5.11 Å². The van der Waals surface area contributed by atoms with Crippen molar-refractivity contribution >= 4 is 0 Å². The summed E-state index contributed by atoms with van der Waals surface area (Å²) in [4.78, 5) is 0.